The van der Waals surface area contributed by atoms with Crippen LogP contribution in [0.1, 0.15) is 17.0 Å². The van der Waals surface area contributed by atoms with E-state index in [1.807, 2.05) is 57.2 Å². The number of rotatable bonds is 1. The van der Waals surface area contributed by atoms with Gasteiger partial charge in [-0.2, -0.15) is 0 Å². The van der Waals surface area contributed by atoms with Gasteiger partial charge in [0.1, 0.15) is 5.82 Å². The standard InChI is InChI=1S/C17H15BrN2O/c1-10-11(2)16(9-8-14(10)18)20-12(3)19-15-7-5-4-6-13(15)17(20)21/h4-9H,1-3H3. The van der Waals surface area contributed by atoms with Crippen LogP contribution in [0.15, 0.2) is 45.7 Å². The molecule has 0 amide bonds. The highest BCUT2D eigenvalue weighted by Crippen LogP contribution is 2.25. The predicted octanol–water partition coefficient (Wildman–Crippen LogP) is 4.07. The molecule has 3 nitrogen and oxygen atoms in total. The molecule has 3 aromatic rings. The van der Waals surface area contributed by atoms with Crippen molar-refractivity contribution >= 4 is 26.8 Å². The van der Waals surface area contributed by atoms with Crippen molar-refractivity contribution in [1.29, 1.82) is 0 Å². The summed E-state index contributed by atoms with van der Waals surface area (Å²) in [6.07, 6.45) is 0. The monoisotopic (exact) mass is 342 g/mol. The summed E-state index contributed by atoms with van der Waals surface area (Å²) in [6.45, 7) is 5.93. The number of hydrogen-bond donors (Lipinski definition) is 0. The molecule has 0 aliphatic carbocycles. The third kappa shape index (κ3) is 2.20. The summed E-state index contributed by atoms with van der Waals surface area (Å²) in [5, 5.41) is 0.642. The average molecular weight is 343 g/mol. The second-order valence-corrected chi connectivity index (χ2v) is 5.99. The first kappa shape index (κ1) is 14.0. The Morgan fingerprint density at radius 3 is 2.48 bits per heavy atom. The normalized spacial score (nSPS) is 11.0. The molecule has 0 atom stereocenters. The SMILES string of the molecule is Cc1c(Br)ccc(-n2c(C)nc3ccccc3c2=O)c1C. The van der Waals surface area contributed by atoms with E-state index in [0.717, 1.165) is 26.8 Å². The Labute approximate surface area is 131 Å². The molecule has 0 radical (unpaired) electrons. The predicted molar refractivity (Wildman–Crippen MR) is 89.3 cm³/mol. The Balaban J connectivity index is 2.41. The maximum atomic E-state index is 12.8. The van der Waals surface area contributed by atoms with Crippen LogP contribution in [0.4, 0.5) is 0 Å². The maximum Gasteiger partial charge on any atom is 0.265 e. The van der Waals surface area contributed by atoms with Gasteiger partial charge < -0.3 is 0 Å². The van der Waals surface area contributed by atoms with Gasteiger partial charge >= 0.3 is 0 Å². The van der Waals surface area contributed by atoms with Crippen LogP contribution < -0.4 is 5.56 Å². The van der Waals surface area contributed by atoms with E-state index in [4.69, 9.17) is 0 Å². The highest BCUT2D eigenvalue weighted by atomic mass is 79.9. The third-order valence-electron chi connectivity index (χ3n) is 3.88. The minimum absolute atomic E-state index is 0.0251. The molecular formula is C17H15BrN2O. The van der Waals surface area contributed by atoms with Crippen molar-refractivity contribution in [2.75, 3.05) is 0 Å². The summed E-state index contributed by atoms with van der Waals surface area (Å²) < 4.78 is 2.74. The Morgan fingerprint density at radius 1 is 1.00 bits per heavy atom. The van der Waals surface area contributed by atoms with E-state index >= 15 is 0 Å². The molecule has 0 saturated carbocycles. The molecule has 1 aromatic heterocycles. The lowest BCUT2D eigenvalue weighted by Crippen LogP contribution is -2.23. The molecule has 0 unspecified atom stereocenters. The second kappa shape index (κ2) is 5.11. The minimum Gasteiger partial charge on any atom is -0.268 e. The number of aromatic nitrogens is 2. The van der Waals surface area contributed by atoms with Gasteiger partial charge in [0.05, 0.1) is 16.6 Å². The molecule has 0 aliphatic heterocycles. The first-order valence-electron chi connectivity index (χ1n) is 6.75. The number of aryl methyl sites for hydroxylation is 1. The summed E-state index contributed by atoms with van der Waals surface area (Å²) in [5.74, 6) is 0.698. The Bertz CT molecular complexity index is 913. The number of para-hydroxylation sites is 1. The molecule has 0 saturated heterocycles. The van der Waals surface area contributed by atoms with Gasteiger partial charge in [0.2, 0.25) is 0 Å². The van der Waals surface area contributed by atoms with Crippen molar-refractivity contribution in [2.24, 2.45) is 0 Å². The van der Waals surface area contributed by atoms with Gasteiger partial charge in [0.15, 0.2) is 0 Å². The van der Waals surface area contributed by atoms with E-state index in [2.05, 4.69) is 20.9 Å². The molecule has 3 rings (SSSR count). The molecule has 1 heterocycles. The fourth-order valence-corrected chi connectivity index (χ4v) is 2.97. The van der Waals surface area contributed by atoms with Crippen LogP contribution in [0.3, 0.4) is 0 Å². The first-order chi connectivity index (χ1) is 10.0. The van der Waals surface area contributed by atoms with Gasteiger partial charge in [-0.1, -0.05) is 28.1 Å². The molecular weight excluding hydrogens is 328 g/mol. The Morgan fingerprint density at radius 2 is 1.71 bits per heavy atom. The van der Waals surface area contributed by atoms with E-state index in [0.29, 0.717) is 11.2 Å². The zero-order valence-corrected chi connectivity index (χ0v) is 13.7. The largest absolute Gasteiger partial charge is 0.268 e. The summed E-state index contributed by atoms with van der Waals surface area (Å²) in [7, 11) is 0. The van der Waals surface area contributed by atoms with Crippen molar-refractivity contribution in [3.8, 4) is 5.69 Å². The van der Waals surface area contributed by atoms with Crippen molar-refractivity contribution in [3.05, 3.63) is 68.2 Å². The van der Waals surface area contributed by atoms with Crippen LogP contribution >= 0.6 is 15.9 Å². The van der Waals surface area contributed by atoms with Gasteiger partial charge in [0, 0.05) is 4.47 Å². The Kier molecular flexibility index (Phi) is 3.41. The lowest BCUT2D eigenvalue weighted by atomic mass is 10.1. The molecule has 0 fully saturated rings. The molecule has 21 heavy (non-hydrogen) atoms. The van der Waals surface area contributed by atoms with E-state index in [1.54, 1.807) is 4.57 Å². The smallest absolute Gasteiger partial charge is 0.265 e. The van der Waals surface area contributed by atoms with Crippen LogP contribution in [-0.2, 0) is 0 Å². The number of benzene rings is 2. The van der Waals surface area contributed by atoms with Gasteiger partial charge in [-0.25, -0.2) is 4.98 Å². The van der Waals surface area contributed by atoms with Crippen molar-refractivity contribution in [3.63, 3.8) is 0 Å². The van der Waals surface area contributed by atoms with Crippen molar-refractivity contribution in [1.82, 2.24) is 9.55 Å². The van der Waals surface area contributed by atoms with Gasteiger partial charge in [-0.3, -0.25) is 9.36 Å². The van der Waals surface area contributed by atoms with Crippen LogP contribution in [0, 0.1) is 20.8 Å². The topological polar surface area (TPSA) is 34.9 Å². The summed E-state index contributed by atoms with van der Waals surface area (Å²) in [4.78, 5) is 17.4. The van der Waals surface area contributed by atoms with E-state index in [-0.39, 0.29) is 5.56 Å². The van der Waals surface area contributed by atoms with E-state index < -0.39 is 0 Å². The van der Waals surface area contributed by atoms with Crippen LogP contribution in [0.25, 0.3) is 16.6 Å². The maximum absolute atomic E-state index is 12.8. The fraction of sp³-hybridized carbons (Fsp3) is 0.176. The number of hydrogen-bond acceptors (Lipinski definition) is 2. The van der Waals surface area contributed by atoms with Crippen LogP contribution in [0.2, 0.25) is 0 Å². The molecule has 2 aromatic carbocycles. The zero-order valence-electron chi connectivity index (χ0n) is 12.1. The molecule has 0 N–H and O–H groups in total. The molecule has 106 valence electrons. The lowest BCUT2D eigenvalue weighted by molar-refractivity contribution is 0.885. The molecule has 0 aliphatic rings. The second-order valence-electron chi connectivity index (χ2n) is 5.13. The minimum atomic E-state index is -0.0251. The highest BCUT2D eigenvalue weighted by Gasteiger charge is 2.13. The number of fused-ring (bicyclic) bond motifs is 1. The molecule has 0 bridgehead atoms. The quantitative estimate of drug-likeness (QED) is 0.668. The fourth-order valence-electron chi connectivity index (χ4n) is 2.54. The van der Waals surface area contributed by atoms with E-state index in [1.165, 1.54) is 0 Å². The highest BCUT2D eigenvalue weighted by molar-refractivity contribution is 9.10. The van der Waals surface area contributed by atoms with Crippen LogP contribution in [-0.4, -0.2) is 9.55 Å². The third-order valence-corrected chi connectivity index (χ3v) is 4.74. The first-order valence-corrected chi connectivity index (χ1v) is 7.54. The average Bonchev–Trinajstić information content (AvgIpc) is 2.47. The summed E-state index contributed by atoms with van der Waals surface area (Å²) >= 11 is 3.53. The van der Waals surface area contributed by atoms with Gasteiger partial charge in [-0.15, -0.1) is 0 Å². The van der Waals surface area contributed by atoms with Crippen molar-refractivity contribution in [2.45, 2.75) is 20.8 Å². The molecule has 4 heteroatoms. The van der Waals surface area contributed by atoms with Crippen LogP contribution in [0.5, 0.6) is 0 Å². The van der Waals surface area contributed by atoms with Gasteiger partial charge in [-0.05, 0) is 56.2 Å². The van der Waals surface area contributed by atoms with Crippen molar-refractivity contribution < 1.29 is 0 Å². The molecule has 0 spiro atoms. The Hall–Kier alpha value is -1.94. The van der Waals surface area contributed by atoms with E-state index in [9.17, 15) is 4.79 Å². The number of nitrogens with zero attached hydrogens (tertiary/aromatic N) is 2. The zero-order chi connectivity index (χ0) is 15.1. The number of halogens is 1. The summed E-state index contributed by atoms with van der Waals surface area (Å²) in [6, 6.07) is 11.4. The van der Waals surface area contributed by atoms with Gasteiger partial charge in [0.25, 0.3) is 5.56 Å². The lowest BCUT2D eigenvalue weighted by Gasteiger charge is -2.15. The summed E-state index contributed by atoms with van der Waals surface area (Å²) in [5.41, 5.74) is 3.81.